The summed E-state index contributed by atoms with van der Waals surface area (Å²) in [6.07, 6.45) is 7.15. The summed E-state index contributed by atoms with van der Waals surface area (Å²) in [5.74, 6) is 3.45. The van der Waals surface area contributed by atoms with Crippen molar-refractivity contribution in [3.63, 3.8) is 0 Å². The van der Waals surface area contributed by atoms with Crippen molar-refractivity contribution in [2.45, 2.75) is 56.8 Å². The first kappa shape index (κ1) is 27.3. The third-order valence-corrected chi connectivity index (χ3v) is 13.6. The molecule has 0 unspecified atom stereocenters. The molecule has 4 saturated carbocycles. The van der Waals surface area contributed by atoms with E-state index in [1.807, 2.05) is 0 Å². The fourth-order valence-corrected chi connectivity index (χ4v) is 11.9. The van der Waals surface area contributed by atoms with Gasteiger partial charge in [0.1, 0.15) is 0 Å². The van der Waals surface area contributed by atoms with E-state index < -0.39 is 0 Å². The van der Waals surface area contributed by atoms with Crippen molar-refractivity contribution in [2.24, 2.45) is 23.7 Å². The normalized spacial score (nSPS) is 26.4. The molecule has 6 aliphatic carbocycles. The molecule has 12 rings (SSSR count). The lowest BCUT2D eigenvalue weighted by Gasteiger charge is -2.61. The average Bonchev–Trinajstić information content (AvgIpc) is 3.53. The molecule has 0 N–H and O–H groups in total. The molecule has 0 aromatic heterocycles. The maximum atomic E-state index is 2.56. The largest absolute Gasteiger partial charge is 0.310 e. The van der Waals surface area contributed by atoms with Crippen LogP contribution in [-0.2, 0) is 10.8 Å². The van der Waals surface area contributed by atoms with E-state index in [0.717, 1.165) is 23.7 Å². The molecule has 1 heteroatoms. The molecule has 0 aliphatic heterocycles. The highest BCUT2D eigenvalue weighted by Gasteiger charge is 2.61. The molecular weight excluding hydrogens is 579 g/mol. The van der Waals surface area contributed by atoms with Gasteiger partial charge in [0.25, 0.3) is 0 Å². The van der Waals surface area contributed by atoms with Gasteiger partial charge >= 0.3 is 0 Å². The van der Waals surface area contributed by atoms with Crippen molar-refractivity contribution < 1.29 is 0 Å². The standard InChI is InChI=1S/C47H41N/c1-46(2)42-13-7-5-11-38(42)40-27-36(17-19-43(40)46)48(35-16-15-31-9-3-4-10-32(31)26-35)37-18-20-45-41(28-37)39-12-6-8-14-44(39)47(45)33-22-29-21-30(24-33)25-34(47)23-29/h3-20,26-30,33-34H,21-25H2,1-2H3. The molecule has 1 spiro atoms. The summed E-state index contributed by atoms with van der Waals surface area (Å²) in [5.41, 5.74) is 15.6. The molecule has 0 radical (unpaired) electrons. The summed E-state index contributed by atoms with van der Waals surface area (Å²) < 4.78 is 0. The second-order valence-electron chi connectivity index (χ2n) is 16.2. The first-order valence-corrected chi connectivity index (χ1v) is 18.3. The Hall–Kier alpha value is -4.62. The fraction of sp³-hybridized carbons (Fsp3) is 0.277. The van der Waals surface area contributed by atoms with Gasteiger partial charge in [-0.05, 0) is 147 Å². The van der Waals surface area contributed by atoms with Gasteiger partial charge in [0.15, 0.2) is 0 Å². The topological polar surface area (TPSA) is 3.24 Å². The Morgan fingerprint density at radius 2 is 0.917 bits per heavy atom. The number of hydrogen-bond donors (Lipinski definition) is 0. The van der Waals surface area contributed by atoms with Crippen molar-refractivity contribution in [3.05, 3.63) is 150 Å². The molecule has 4 bridgehead atoms. The number of benzene rings is 6. The summed E-state index contributed by atoms with van der Waals surface area (Å²) in [4.78, 5) is 2.52. The smallest absolute Gasteiger partial charge is 0.0468 e. The van der Waals surface area contributed by atoms with Gasteiger partial charge in [-0.3, -0.25) is 0 Å². The number of nitrogens with zero attached hydrogens (tertiary/aromatic N) is 1. The van der Waals surface area contributed by atoms with Gasteiger partial charge in [-0.1, -0.05) is 105 Å². The minimum Gasteiger partial charge on any atom is -0.310 e. The number of hydrogen-bond acceptors (Lipinski definition) is 1. The highest BCUT2D eigenvalue weighted by atomic mass is 15.1. The zero-order valence-electron chi connectivity index (χ0n) is 27.9. The highest BCUT2D eigenvalue weighted by molar-refractivity contribution is 5.93. The van der Waals surface area contributed by atoms with Gasteiger partial charge in [0.05, 0.1) is 0 Å². The summed E-state index contributed by atoms with van der Waals surface area (Å²) in [6, 6.07) is 49.0. The Balaban J connectivity index is 1.12. The summed E-state index contributed by atoms with van der Waals surface area (Å²) >= 11 is 0. The maximum Gasteiger partial charge on any atom is 0.0468 e. The first-order chi connectivity index (χ1) is 23.5. The van der Waals surface area contributed by atoms with Crippen molar-refractivity contribution in [3.8, 4) is 22.3 Å². The van der Waals surface area contributed by atoms with Crippen LogP contribution >= 0.6 is 0 Å². The van der Waals surface area contributed by atoms with Gasteiger partial charge in [0, 0.05) is 27.9 Å². The first-order valence-electron chi connectivity index (χ1n) is 18.3. The minimum absolute atomic E-state index is 0.0114. The third-order valence-electron chi connectivity index (χ3n) is 13.6. The van der Waals surface area contributed by atoms with Crippen LogP contribution in [0.15, 0.2) is 127 Å². The van der Waals surface area contributed by atoms with Gasteiger partial charge in [-0.2, -0.15) is 0 Å². The van der Waals surface area contributed by atoms with Gasteiger partial charge < -0.3 is 4.90 Å². The molecule has 1 nitrogen and oxygen atoms in total. The van der Waals surface area contributed by atoms with Crippen LogP contribution in [0.25, 0.3) is 33.0 Å². The van der Waals surface area contributed by atoms with Crippen molar-refractivity contribution >= 4 is 27.8 Å². The van der Waals surface area contributed by atoms with E-state index in [1.165, 1.54) is 93.3 Å². The Bertz CT molecular complexity index is 2280. The summed E-state index contributed by atoms with van der Waals surface area (Å²) in [6.45, 7) is 4.74. The summed E-state index contributed by atoms with van der Waals surface area (Å²) in [5, 5.41) is 2.55. The molecule has 4 fully saturated rings. The Kier molecular flexibility index (Phi) is 5.41. The van der Waals surface area contributed by atoms with E-state index >= 15 is 0 Å². The van der Waals surface area contributed by atoms with E-state index in [9.17, 15) is 0 Å². The van der Waals surface area contributed by atoms with E-state index in [2.05, 4.69) is 146 Å². The molecule has 6 aromatic rings. The predicted octanol–water partition coefficient (Wildman–Crippen LogP) is 12.3. The number of fused-ring (bicyclic) bond motifs is 7. The molecule has 0 heterocycles. The van der Waals surface area contributed by atoms with Crippen molar-refractivity contribution in [1.82, 2.24) is 0 Å². The quantitative estimate of drug-likeness (QED) is 0.190. The van der Waals surface area contributed by atoms with Gasteiger partial charge in [0.2, 0.25) is 0 Å². The Morgan fingerprint density at radius 1 is 0.438 bits per heavy atom. The zero-order chi connectivity index (χ0) is 31.8. The highest BCUT2D eigenvalue weighted by Crippen LogP contribution is 2.69. The molecule has 6 aliphatic rings. The van der Waals surface area contributed by atoms with E-state index in [1.54, 1.807) is 11.1 Å². The predicted molar refractivity (Wildman–Crippen MR) is 199 cm³/mol. The minimum atomic E-state index is -0.0114. The lowest BCUT2D eigenvalue weighted by Crippen LogP contribution is -2.55. The lowest BCUT2D eigenvalue weighted by atomic mass is 9.43. The second kappa shape index (κ2) is 9.50. The van der Waals surface area contributed by atoms with E-state index in [-0.39, 0.29) is 10.8 Å². The molecule has 234 valence electrons. The van der Waals surface area contributed by atoms with Crippen LogP contribution in [0.4, 0.5) is 17.1 Å². The Labute approximate surface area is 284 Å². The van der Waals surface area contributed by atoms with Gasteiger partial charge in [-0.25, -0.2) is 0 Å². The summed E-state index contributed by atoms with van der Waals surface area (Å²) in [7, 11) is 0. The van der Waals surface area contributed by atoms with Crippen LogP contribution in [-0.4, -0.2) is 0 Å². The van der Waals surface area contributed by atoms with Crippen molar-refractivity contribution in [2.75, 3.05) is 4.90 Å². The second-order valence-corrected chi connectivity index (χ2v) is 16.2. The van der Waals surface area contributed by atoms with Crippen LogP contribution in [0.3, 0.4) is 0 Å². The zero-order valence-corrected chi connectivity index (χ0v) is 27.9. The van der Waals surface area contributed by atoms with E-state index in [4.69, 9.17) is 0 Å². The van der Waals surface area contributed by atoms with Crippen LogP contribution in [0, 0.1) is 23.7 Å². The molecule has 0 amide bonds. The molecule has 0 atom stereocenters. The maximum absolute atomic E-state index is 2.56. The SMILES string of the molecule is CC1(C)c2ccccc2-c2cc(N(c3ccc4c(c3)-c3ccccc3C43C4CC5CC(C4)CC3C5)c3ccc4ccccc4c3)ccc21. The fourth-order valence-electron chi connectivity index (χ4n) is 11.9. The third kappa shape index (κ3) is 3.47. The van der Waals surface area contributed by atoms with Crippen LogP contribution in [0.5, 0.6) is 0 Å². The molecule has 0 saturated heterocycles. The monoisotopic (exact) mass is 619 g/mol. The van der Waals surface area contributed by atoms with Crippen LogP contribution in [0.1, 0.15) is 68.2 Å². The van der Waals surface area contributed by atoms with Gasteiger partial charge in [-0.15, -0.1) is 0 Å². The van der Waals surface area contributed by atoms with Crippen molar-refractivity contribution in [1.29, 1.82) is 0 Å². The van der Waals surface area contributed by atoms with E-state index in [0.29, 0.717) is 0 Å². The Morgan fingerprint density at radius 3 is 1.62 bits per heavy atom. The lowest BCUT2D eigenvalue weighted by molar-refractivity contribution is -0.0399. The molecular formula is C47H41N. The van der Waals surface area contributed by atoms with Crippen LogP contribution < -0.4 is 4.90 Å². The molecule has 48 heavy (non-hydrogen) atoms. The average molecular weight is 620 g/mol. The number of anilines is 3. The molecule has 6 aromatic carbocycles. The van der Waals surface area contributed by atoms with Crippen LogP contribution in [0.2, 0.25) is 0 Å². The number of rotatable bonds is 3.